The van der Waals surface area contributed by atoms with Crippen LogP contribution in [0.5, 0.6) is 0 Å². The second-order valence-electron chi connectivity index (χ2n) is 4.19. The summed E-state index contributed by atoms with van der Waals surface area (Å²) in [6.07, 6.45) is 2.69. The lowest BCUT2D eigenvalue weighted by molar-refractivity contribution is 0.210. The van der Waals surface area contributed by atoms with Crippen molar-refractivity contribution in [2.75, 3.05) is 37.4 Å². The Morgan fingerprint density at radius 3 is 2.82 bits per heavy atom. The standard InChI is InChI=1S/C11H21N5O/c1-9(2)4-5-13-11-15-10(8-14-16-11)12-6-7-17-3/h8-9H,4-7H2,1-3H3,(H2,12,13,15,16). The molecule has 0 aliphatic carbocycles. The molecular weight excluding hydrogens is 218 g/mol. The van der Waals surface area contributed by atoms with Crippen molar-refractivity contribution < 1.29 is 4.74 Å². The van der Waals surface area contributed by atoms with Crippen LogP contribution in [-0.4, -0.2) is 42.0 Å². The molecular formula is C11H21N5O. The molecule has 6 heteroatoms. The molecule has 96 valence electrons. The molecule has 2 N–H and O–H groups in total. The molecule has 1 aromatic rings. The van der Waals surface area contributed by atoms with Gasteiger partial charge in [0.1, 0.15) is 0 Å². The van der Waals surface area contributed by atoms with Gasteiger partial charge in [0.25, 0.3) is 0 Å². The molecule has 0 aliphatic heterocycles. The van der Waals surface area contributed by atoms with Crippen LogP contribution in [0.1, 0.15) is 20.3 Å². The molecule has 0 aliphatic rings. The van der Waals surface area contributed by atoms with Crippen LogP contribution in [0.4, 0.5) is 11.8 Å². The van der Waals surface area contributed by atoms with Crippen molar-refractivity contribution in [3.05, 3.63) is 6.20 Å². The zero-order valence-electron chi connectivity index (χ0n) is 10.7. The molecule has 0 spiro atoms. The molecule has 0 atom stereocenters. The first-order valence-corrected chi connectivity index (χ1v) is 5.88. The maximum Gasteiger partial charge on any atom is 0.244 e. The molecule has 0 radical (unpaired) electrons. The van der Waals surface area contributed by atoms with Gasteiger partial charge in [-0.25, -0.2) is 0 Å². The van der Waals surface area contributed by atoms with Gasteiger partial charge in [-0.2, -0.15) is 10.1 Å². The topological polar surface area (TPSA) is 72.0 Å². The van der Waals surface area contributed by atoms with Crippen LogP contribution in [0, 0.1) is 5.92 Å². The van der Waals surface area contributed by atoms with Crippen molar-refractivity contribution in [1.29, 1.82) is 0 Å². The highest BCUT2D eigenvalue weighted by Crippen LogP contribution is 2.04. The van der Waals surface area contributed by atoms with Crippen molar-refractivity contribution in [3.63, 3.8) is 0 Å². The maximum atomic E-state index is 4.94. The highest BCUT2D eigenvalue weighted by molar-refractivity contribution is 5.36. The van der Waals surface area contributed by atoms with Gasteiger partial charge in [-0.3, -0.25) is 0 Å². The van der Waals surface area contributed by atoms with E-state index in [1.165, 1.54) is 0 Å². The maximum absolute atomic E-state index is 4.94. The van der Waals surface area contributed by atoms with E-state index in [1.807, 2.05) is 0 Å². The molecule has 0 fully saturated rings. The number of hydrogen-bond acceptors (Lipinski definition) is 6. The number of rotatable bonds is 8. The van der Waals surface area contributed by atoms with E-state index in [1.54, 1.807) is 13.3 Å². The van der Waals surface area contributed by atoms with Crippen molar-refractivity contribution in [1.82, 2.24) is 15.2 Å². The average molecular weight is 239 g/mol. The van der Waals surface area contributed by atoms with Gasteiger partial charge in [0.05, 0.1) is 12.8 Å². The highest BCUT2D eigenvalue weighted by atomic mass is 16.5. The van der Waals surface area contributed by atoms with E-state index < -0.39 is 0 Å². The Labute approximate surface area is 102 Å². The van der Waals surface area contributed by atoms with E-state index in [0.29, 0.717) is 30.8 Å². The Morgan fingerprint density at radius 2 is 2.12 bits per heavy atom. The third kappa shape index (κ3) is 6.01. The lowest BCUT2D eigenvalue weighted by Crippen LogP contribution is -2.12. The third-order valence-corrected chi connectivity index (χ3v) is 2.18. The molecule has 0 aromatic carbocycles. The quantitative estimate of drug-likeness (QED) is 0.668. The molecule has 0 saturated heterocycles. The first-order chi connectivity index (χ1) is 8.22. The predicted molar refractivity (Wildman–Crippen MR) is 68.1 cm³/mol. The van der Waals surface area contributed by atoms with Crippen LogP contribution in [0.3, 0.4) is 0 Å². The van der Waals surface area contributed by atoms with Gasteiger partial charge in [-0.05, 0) is 12.3 Å². The van der Waals surface area contributed by atoms with Gasteiger partial charge in [0.2, 0.25) is 5.95 Å². The monoisotopic (exact) mass is 239 g/mol. The van der Waals surface area contributed by atoms with Crippen LogP contribution >= 0.6 is 0 Å². The molecule has 0 bridgehead atoms. The number of ether oxygens (including phenoxy) is 1. The van der Waals surface area contributed by atoms with Crippen molar-refractivity contribution in [3.8, 4) is 0 Å². The summed E-state index contributed by atoms with van der Waals surface area (Å²) in [5, 5.41) is 14.1. The van der Waals surface area contributed by atoms with E-state index >= 15 is 0 Å². The minimum absolute atomic E-state index is 0.563. The molecule has 1 aromatic heterocycles. The summed E-state index contributed by atoms with van der Waals surface area (Å²) in [6, 6.07) is 0. The zero-order valence-corrected chi connectivity index (χ0v) is 10.7. The number of anilines is 2. The summed E-state index contributed by atoms with van der Waals surface area (Å²) >= 11 is 0. The SMILES string of the molecule is COCCNc1cnnc(NCCC(C)C)n1. The van der Waals surface area contributed by atoms with Gasteiger partial charge in [0.15, 0.2) is 5.82 Å². The van der Waals surface area contributed by atoms with Gasteiger partial charge in [-0.1, -0.05) is 13.8 Å². The number of hydrogen-bond donors (Lipinski definition) is 2. The minimum Gasteiger partial charge on any atom is -0.383 e. The smallest absolute Gasteiger partial charge is 0.244 e. The molecule has 0 saturated carbocycles. The number of nitrogens with one attached hydrogen (secondary N) is 2. The van der Waals surface area contributed by atoms with Crippen molar-refractivity contribution in [2.24, 2.45) is 5.92 Å². The Bertz CT molecular complexity index is 318. The Hall–Kier alpha value is -1.43. The summed E-state index contributed by atoms with van der Waals surface area (Å²) < 4.78 is 4.94. The molecule has 0 unspecified atom stereocenters. The van der Waals surface area contributed by atoms with Crippen LogP contribution in [0.25, 0.3) is 0 Å². The summed E-state index contributed by atoms with van der Waals surface area (Å²) in [6.45, 7) is 6.58. The van der Waals surface area contributed by atoms with Gasteiger partial charge < -0.3 is 15.4 Å². The normalized spacial score (nSPS) is 10.6. The second-order valence-corrected chi connectivity index (χ2v) is 4.19. The molecule has 1 rings (SSSR count). The van der Waals surface area contributed by atoms with E-state index in [0.717, 1.165) is 13.0 Å². The van der Waals surface area contributed by atoms with Crippen molar-refractivity contribution in [2.45, 2.75) is 20.3 Å². The fraction of sp³-hybridized carbons (Fsp3) is 0.727. The van der Waals surface area contributed by atoms with Gasteiger partial charge in [0, 0.05) is 20.2 Å². The molecule has 0 amide bonds. The number of methoxy groups -OCH3 is 1. The van der Waals surface area contributed by atoms with E-state index in [2.05, 4.69) is 39.7 Å². The minimum atomic E-state index is 0.563. The molecule has 6 nitrogen and oxygen atoms in total. The predicted octanol–water partition coefficient (Wildman–Crippen LogP) is 1.39. The van der Waals surface area contributed by atoms with Crippen LogP contribution in [-0.2, 0) is 4.74 Å². The summed E-state index contributed by atoms with van der Waals surface area (Å²) in [7, 11) is 1.67. The van der Waals surface area contributed by atoms with Crippen LogP contribution in [0.15, 0.2) is 6.20 Å². The Kier molecular flexibility index (Phi) is 6.24. The zero-order chi connectivity index (χ0) is 12.5. The van der Waals surface area contributed by atoms with E-state index in [9.17, 15) is 0 Å². The Morgan fingerprint density at radius 1 is 1.29 bits per heavy atom. The first-order valence-electron chi connectivity index (χ1n) is 5.88. The van der Waals surface area contributed by atoms with Crippen LogP contribution in [0.2, 0.25) is 0 Å². The van der Waals surface area contributed by atoms with Gasteiger partial charge >= 0.3 is 0 Å². The summed E-state index contributed by atoms with van der Waals surface area (Å²) in [5.74, 6) is 1.94. The lowest BCUT2D eigenvalue weighted by atomic mass is 10.1. The fourth-order valence-electron chi connectivity index (χ4n) is 1.22. The average Bonchev–Trinajstić information content (AvgIpc) is 2.29. The molecule has 17 heavy (non-hydrogen) atoms. The van der Waals surface area contributed by atoms with Gasteiger partial charge in [-0.15, -0.1) is 5.10 Å². The number of aromatic nitrogens is 3. The largest absolute Gasteiger partial charge is 0.383 e. The summed E-state index contributed by atoms with van der Waals surface area (Å²) in [4.78, 5) is 4.29. The first kappa shape index (κ1) is 13.6. The van der Waals surface area contributed by atoms with Crippen molar-refractivity contribution >= 4 is 11.8 Å². The van der Waals surface area contributed by atoms with Crippen LogP contribution < -0.4 is 10.6 Å². The fourth-order valence-corrected chi connectivity index (χ4v) is 1.22. The third-order valence-electron chi connectivity index (χ3n) is 2.18. The number of nitrogens with zero attached hydrogens (tertiary/aromatic N) is 3. The highest BCUT2D eigenvalue weighted by Gasteiger charge is 2.00. The Balaban J connectivity index is 2.37. The summed E-state index contributed by atoms with van der Waals surface area (Å²) in [5.41, 5.74) is 0. The van der Waals surface area contributed by atoms with E-state index in [4.69, 9.17) is 4.74 Å². The lowest BCUT2D eigenvalue weighted by Gasteiger charge is -2.08. The van der Waals surface area contributed by atoms with E-state index in [-0.39, 0.29) is 0 Å². The second kappa shape index (κ2) is 7.78. The molecule has 1 heterocycles.